The maximum Gasteiger partial charge on any atom is 0.306 e. The van der Waals surface area contributed by atoms with E-state index in [1.54, 1.807) is 0 Å². The quantitative estimate of drug-likeness (QED) is 0.0199. The van der Waals surface area contributed by atoms with Crippen LogP contribution in [-0.4, -0.2) is 37.2 Å². The fourth-order valence-corrected chi connectivity index (χ4v) is 6.69. The summed E-state index contributed by atoms with van der Waals surface area (Å²) < 4.78 is 16.7. The lowest BCUT2D eigenvalue weighted by atomic mass is 10.1. The van der Waals surface area contributed by atoms with E-state index in [4.69, 9.17) is 14.2 Å². The number of carbonyl (C=O) groups excluding carboxylic acids is 3. The zero-order valence-electron chi connectivity index (χ0n) is 42.9. The molecule has 0 aromatic carbocycles. The van der Waals surface area contributed by atoms with Crippen LogP contribution in [0.4, 0.5) is 0 Å². The maximum absolute atomic E-state index is 12.8. The van der Waals surface area contributed by atoms with Crippen molar-refractivity contribution in [3.8, 4) is 0 Å². The van der Waals surface area contributed by atoms with Crippen molar-refractivity contribution in [3.05, 3.63) is 134 Å². The molecule has 0 N–H and O–H groups in total. The first-order chi connectivity index (χ1) is 33.0. The van der Waals surface area contributed by atoms with E-state index >= 15 is 0 Å². The third-order valence-corrected chi connectivity index (χ3v) is 10.7. The van der Waals surface area contributed by atoms with Gasteiger partial charge in [0.2, 0.25) is 0 Å². The summed E-state index contributed by atoms with van der Waals surface area (Å²) in [4.78, 5) is 38.0. The van der Waals surface area contributed by atoms with Gasteiger partial charge in [-0.1, -0.05) is 212 Å². The average Bonchev–Trinajstić information content (AvgIpc) is 3.33. The Morgan fingerprint density at radius 3 is 1.09 bits per heavy atom. The molecule has 1 atom stereocenters. The number of carbonyl (C=O) groups is 3. The molecule has 1 unspecified atom stereocenters. The molecule has 0 aliphatic heterocycles. The zero-order valence-corrected chi connectivity index (χ0v) is 42.9. The van der Waals surface area contributed by atoms with Gasteiger partial charge in [0, 0.05) is 19.3 Å². The monoisotopic (exact) mass is 925 g/mol. The smallest absolute Gasteiger partial charge is 0.306 e. The number of esters is 3. The van der Waals surface area contributed by atoms with Crippen molar-refractivity contribution in [1.29, 1.82) is 0 Å². The predicted octanol–water partition coefficient (Wildman–Crippen LogP) is 17.9. The van der Waals surface area contributed by atoms with Gasteiger partial charge in [-0.2, -0.15) is 0 Å². The normalized spacial score (nSPS) is 13.2. The van der Waals surface area contributed by atoms with Crippen LogP contribution in [0.15, 0.2) is 134 Å². The Morgan fingerprint density at radius 2 is 0.657 bits per heavy atom. The van der Waals surface area contributed by atoms with Gasteiger partial charge in [-0.05, 0) is 116 Å². The van der Waals surface area contributed by atoms with Crippen LogP contribution in [0.5, 0.6) is 0 Å². The van der Waals surface area contributed by atoms with E-state index in [-0.39, 0.29) is 37.5 Å². The van der Waals surface area contributed by atoms with Gasteiger partial charge in [-0.3, -0.25) is 14.4 Å². The van der Waals surface area contributed by atoms with E-state index < -0.39 is 6.10 Å². The second kappa shape index (κ2) is 54.2. The first-order valence-electron chi connectivity index (χ1n) is 26.7. The topological polar surface area (TPSA) is 78.9 Å². The molecule has 0 saturated carbocycles. The summed E-state index contributed by atoms with van der Waals surface area (Å²) in [6.45, 7) is 6.35. The summed E-state index contributed by atoms with van der Waals surface area (Å²) in [7, 11) is 0. The largest absolute Gasteiger partial charge is 0.462 e. The molecule has 6 nitrogen and oxygen atoms in total. The van der Waals surface area contributed by atoms with Gasteiger partial charge in [0.25, 0.3) is 0 Å². The first-order valence-corrected chi connectivity index (χ1v) is 26.7. The molecule has 0 radical (unpaired) electrons. The van der Waals surface area contributed by atoms with Crippen molar-refractivity contribution in [2.45, 2.75) is 219 Å². The number of unbranched alkanes of at least 4 members (excludes halogenated alkanes) is 16. The highest BCUT2D eigenvalue weighted by molar-refractivity contribution is 5.71. The highest BCUT2D eigenvalue weighted by Crippen LogP contribution is 2.12. The Morgan fingerprint density at radius 1 is 0.328 bits per heavy atom. The van der Waals surface area contributed by atoms with Gasteiger partial charge >= 0.3 is 17.9 Å². The van der Waals surface area contributed by atoms with Crippen LogP contribution in [0, 0.1) is 0 Å². The number of rotatable bonds is 46. The van der Waals surface area contributed by atoms with Crippen molar-refractivity contribution in [2.75, 3.05) is 13.2 Å². The lowest BCUT2D eigenvalue weighted by Gasteiger charge is -2.18. The van der Waals surface area contributed by atoms with Crippen molar-refractivity contribution in [2.24, 2.45) is 0 Å². The molecule has 6 heteroatoms. The van der Waals surface area contributed by atoms with Gasteiger partial charge in [0.1, 0.15) is 13.2 Å². The van der Waals surface area contributed by atoms with Gasteiger partial charge < -0.3 is 14.2 Å². The first kappa shape index (κ1) is 62.5. The van der Waals surface area contributed by atoms with Crippen molar-refractivity contribution in [3.63, 3.8) is 0 Å². The minimum atomic E-state index is -0.831. The van der Waals surface area contributed by atoms with E-state index in [0.717, 1.165) is 122 Å². The maximum atomic E-state index is 12.8. The molecule has 0 spiro atoms. The van der Waals surface area contributed by atoms with E-state index in [1.165, 1.54) is 44.9 Å². The minimum Gasteiger partial charge on any atom is -0.462 e. The minimum absolute atomic E-state index is 0.124. The van der Waals surface area contributed by atoms with E-state index in [1.807, 2.05) is 0 Å². The Balaban J connectivity index is 4.59. The Labute approximate surface area is 411 Å². The van der Waals surface area contributed by atoms with Crippen LogP contribution < -0.4 is 0 Å². The molecule has 0 fully saturated rings. The summed E-state index contributed by atoms with van der Waals surface area (Å²) in [6, 6.07) is 0. The molecular formula is C61H96O6. The molecule has 0 saturated heterocycles. The number of ether oxygens (including phenoxy) is 3. The van der Waals surface area contributed by atoms with Crippen LogP contribution in [0.1, 0.15) is 213 Å². The van der Waals surface area contributed by atoms with Crippen molar-refractivity contribution in [1.82, 2.24) is 0 Å². The van der Waals surface area contributed by atoms with Gasteiger partial charge in [0.05, 0.1) is 0 Å². The van der Waals surface area contributed by atoms with E-state index in [2.05, 4.69) is 154 Å². The average molecular weight is 925 g/mol. The van der Waals surface area contributed by atoms with Crippen LogP contribution in [0.3, 0.4) is 0 Å². The molecule has 0 heterocycles. The molecule has 0 aromatic rings. The lowest BCUT2D eigenvalue weighted by Crippen LogP contribution is -2.30. The third-order valence-electron chi connectivity index (χ3n) is 10.7. The van der Waals surface area contributed by atoms with Crippen LogP contribution in [-0.2, 0) is 28.6 Å². The standard InChI is InChI=1S/C61H96O6/c1-4-7-10-13-16-19-22-25-28-30-32-33-36-39-42-45-48-51-54-60(63)66-57-58(56-65-59(62)53-50-47-44-41-38-35-27-24-21-18-15-12-9-6-3)67-61(64)55-52-49-46-43-40-37-34-31-29-26-23-20-17-14-11-8-5-2/h9,12,16-22,25-30,32-35,37,43,46,58H,4-8,10-11,13-15,23-24,31,36,38-42,44-45,47-57H2,1-3H3/b12-9-,19-16-,20-17-,21-18-,25-22-,29-26-,30-28-,33-32-,35-27-,37-34-,46-43-. The van der Waals surface area contributed by atoms with Crippen molar-refractivity contribution < 1.29 is 28.6 Å². The van der Waals surface area contributed by atoms with Crippen LogP contribution >= 0.6 is 0 Å². The fourth-order valence-electron chi connectivity index (χ4n) is 6.69. The molecular weight excluding hydrogens is 829 g/mol. The second-order valence-electron chi connectivity index (χ2n) is 17.1. The Hall–Kier alpha value is -4.45. The second-order valence-corrected chi connectivity index (χ2v) is 17.1. The molecule has 67 heavy (non-hydrogen) atoms. The molecule has 0 bridgehead atoms. The molecule has 0 amide bonds. The number of hydrogen-bond acceptors (Lipinski definition) is 6. The number of hydrogen-bond donors (Lipinski definition) is 0. The summed E-state index contributed by atoms with van der Waals surface area (Å²) in [6.07, 6.45) is 75.7. The van der Waals surface area contributed by atoms with Crippen LogP contribution in [0.25, 0.3) is 0 Å². The molecule has 376 valence electrons. The Kier molecular flexibility index (Phi) is 50.6. The predicted molar refractivity (Wildman–Crippen MR) is 288 cm³/mol. The van der Waals surface area contributed by atoms with Gasteiger partial charge in [0.15, 0.2) is 6.10 Å². The highest BCUT2D eigenvalue weighted by atomic mass is 16.6. The molecule has 0 aliphatic rings. The van der Waals surface area contributed by atoms with Crippen molar-refractivity contribution >= 4 is 17.9 Å². The highest BCUT2D eigenvalue weighted by Gasteiger charge is 2.19. The van der Waals surface area contributed by atoms with E-state index in [9.17, 15) is 14.4 Å². The third kappa shape index (κ3) is 52.4. The molecule has 0 aromatic heterocycles. The summed E-state index contributed by atoms with van der Waals surface area (Å²) in [5, 5.41) is 0. The SMILES string of the molecule is CC/C=C\C/C=C\C/C=C\CCCCCCC(=O)OCC(COC(=O)CCCCCCC\C=C/C=C\C=C/C=C\CCCCC)OC(=O)CCC/C=C\C/C=C\C/C=C\C/C=C\CCCCC. The van der Waals surface area contributed by atoms with Gasteiger partial charge in [-0.25, -0.2) is 0 Å². The van der Waals surface area contributed by atoms with Crippen LogP contribution in [0.2, 0.25) is 0 Å². The Bertz CT molecular complexity index is 1480. The van der Waals surface area contributed by atoms with E-state index in [0.29, 0.717) is 19.3 Å². The van der Waals surface area contributed by atoms with Gasteiger partial charge in [-0.15, -0.1) is 0 Å². The summed E-state index contributed by atoms with van der Waals surface area (Å²) in [5.74, 6) is -1.03. The fraction of sp³-hybridized carbons (Fsp3) is 0.590. The summed E-state index contributed by atoms with van der Waals surface area (Å²) in [5.41, 5.74) is 0. The zero-order chi connectivity index (χ0) is 48.6. The molecule has 0 aliphatic carbocycles. The summed E-state index contributed by atoms with van der Waals surface area (Å²) >= 11 is 0. The number of allylic oxidation sites excluding steroid dienone is 22. The molecule has 0 rings (SSSR count). The lowest BCUT2D eigenvalue weighted by molar-refractivity contribution is -0.167.